The Hall–Kier alpha value is -7.57. The fourth-order valence-corrected chi connectivity index (χ4v) is 7.94. The van der Waals surface area contributed by atoms with Crippen molar-refractivity contribution in [3.63, 3.8) is 0 Å². The molecule has 0 spiro atoms. The van der Waals surface area contributed by atoms with Crippen LogP contribution in [-0.4, -0.2) is 15.0 Å². The van der Waals surface area contributed by atoms with E-state index in [4.69, 9.17) is 0 Å². The maximum absolute atomic E-state index is 15.5. The van der Waals surface area contributed by atoms with E-state index in [0.717, 1.165) is 67.2 Å². The predicted molar refractivity (Wildman–Crippen MR) is 245 cm³/mol. The summed E-state index contributed by atoms with van der Waals surface area (Å²) in [5.74, 6) is -1.29. The van der Waals surface area contributed by atoms with Crippen molar-refractivity contribution in [2.45, 2.75) is 0 Å². The van der Waals surface area contributed by atoms with E-state index >= 15 is 13.2 Å². The van der Waals surface area contributed by atoms with Gasteiger partial charge in [-0.2, -0.15) is 0 Å². The van der Waals surface area contributed by atoms with Crippen LogP contribution in [0.2, 0.25) is 0 Å². The summed E-state index contributed by atoms with van der Waals surface area (Å²) in [7, 11) is 0. The molecule has 7 heteroatoms. The van der Waals surface area contributed by atoms with Crippen molar-refractivity contribution < 1.29 is 33.3 Å². The smallest absolute Gasteiger partial charge is 0.305 e. The molecular weight excluding hydrogens is 976 g/mol. The predicted octanol–water partition coefficient (Wildman–Crippen LogP) is 14.7. The van der Waals surface area contributed by atoms with Crippen LogP contribution < -0.4 is 0 Å². The van der Waals surface area contributed by atoms with Gasteiger partial charge in [-0.15, -0.1) is 89.5 Å². The van der Waals surface area contributed by atoms with Gasteiger partial charge in [0.25, 0.3) is 0 Å². The van der Waals surface area contributed by atoms with Crippen LogP contribution in [0, 0.1) is 35.7 Å². The number of aromatic nitrogens is 3. The zero-order valence-electron chi connectivity index (χ0n) is 33.9. The van der Waals surface area contributed by atoms with E-state index in [1.807, 2.05) is 127 Å². The average molecular weight is 1010 g/mol. The van der Waals surface area contributed by atoms with Gasteiger partial charge >= 0.3 is 20.1 Å². The Bertz CT molecular complexity index is 2860. The molecule has 0 amide bonds. The fraction of sp³-hybridized carbons (Fsp3) is 0. The number of benzene rings is 7. The van der Waals surface area contributed by atoms with E-state index in [9.17, 15) is 0 Å². The Morgan fingerprint density at radius 3 is 0.859 bits per heavy atom. The van der Waals surface area contributed by atoms with Gasteiger partial charge < -0.3 is 15.0 Å². The summed E-state index contributed by atoms with van der Waals surface area (Å²) in [4.78, 5) is 13.4. The zero-order valence-corrected chi connectivity index (χ0v) is 36.3. The van der Waals surface area contributed by atoms with Gasteiger partial charge in [0, 0.05) is 18.6 Å². The van der Waals surface area contributed by atoms with Crippen molar-refractivity contribution in [1.29, 1.82) is 0 Å². The first-order valence-corrected chi connectivity index (χ1v) is 20.3. The number of hydrogen-bond donors (Lipinski definition) is 0. The number of halogens is 3. The second-order valence-electron chi connectivity index (χ2n) is 15.0. The van der Waals surface area contributed by atoms with Gasteiger partial charge in [0.1, 0.15) is 17.5 Å². The third kappa shape index (κ3) is 8.73. The van der Waals surface area contributed by atoms with Crippen molar-refractivity contribution in [3.05, 3.63) is 236 Å². The van der Waals surface area contributed by atoms with Crippen molar-refractivity contribution in [3.8, 4) is 101 Å². The Morgan fingerprint density at radius 1 is 0.297 bits per heavy atom. The minimum atomic E-state index is -0.431. The van der Waals surface area contributed by atoms with Crippen LogP contribution in [-0.2, 0) is 20.1 Å². The summed E-state index contributed by atoms with van der Waals surface area (Å²) in [6.07, 6.45) is 5.20. The standard InChI is InChI=1S/C57H33F3N3.Ir/c58-46-22-25-49(37-10-16-40(17-11-37)55-7-1-4-28-61-55)52(34-46)43-31-44(53-35-47(59)23-26-50(53)38-12-18-41(19-13-38)56-8-2-5-29-62-56)33-45(32-43)54-36-48(60)24-27-51(54)39-14-20-42(21-15-39)57-9-3-6-30-63-57;/h1-16,18,20,22-36H;/q-3;+3. The minimum Gasteiger partial charge on any atom is -0.305 e. The van der Waals surface area contributed by atoms with E-state index in [2.05, 4.69) is 33.2 Å². The molecule has 0 unspecified atom stereocenters. The van der Waals surface area contributed by atoms with Crippen LogP contribution in [0.4, 0.5) is 13.2 Å². The Kier molecular flexibility index (Phi) is 12.0. The number of hydrogen-bond acceptors (Lipinski definition) is 3. The second-order valence-corrected chi connectivity index (χ2v) is 15.0. The molecule has 0 fully saturated rings. The topological polar surface area (TPSA) is 38.7 Å². The molecule has 10 rings (SSSR count). The molecule has 10 aromatic rings. The third-order valence-electron chi connectivity index (χ3n) is 11.0. The SMILES string of the molecule is Fc1ccc(-c2c[c-]c(-c3ccccn3)cc2)c(-c2cc(-c3cc(F)ccc3-c3c[c-]c(-c4ccccn4)cc3)cc(-c3cc(F)ccc3-c3c[c-]c(-c4ccccn4)cc3)c2)c1.[Ir+3]. The van der Waals surface area contributed by atoms with Gasteiger partial charge in [-0.3, -0.25) is 0 Å². The molecule has 0 aliphatic carbocycles. The van der Waals surface area contributed by atoms with Crippen molar-refractivity contribution in [2.75, 3.05) is 0 Å². The molecular formula is C57H33F3IrN3. The van der Waals surface area contributed by atoms with Crippen LogP contribution in [0.25, 0.3) is 101 Å². The number of pyridine rings is 3. The molecule has 64 heavy (non-hydrogen) atoms. The summed E-state index contributed by atoms with van der Waals surface area (Å²) in [6.45, 7) is 0. The molecule has 306 valence electrons. The molecule has 3 nitrogen and oxygen atoms in total. The molecule has 0 saturated heterocycles. The quantitative estimate of drug-likeness (QED) is 0.135. The molecule has 3 aromatic heterocycles. The monoisotopic (exact) mass is 1010 g/mol. The van der Waals surface area contributed by atoms with Crippen molar-refractivity contribution >= 4 is 0 Å². The molecule has 0 aliphatic rings. The van der Waals surface area contributed by atoms with Crippen LogP contribution in [0.3, 0.4) is 0 Å². The maximum Gasteiger partial charge on any atom is 3.00 e. The van der Waals surface area contributed by atoms with Crippen LogP contribution in [0.1, 0.15) is 0 Å². The molecule has 0 radical (unpaired) electrons. The van der Waals surface area contributed by atoms with Gasteiger partial charge in [0.2, 0.25) is 0 Å². The van der Waals surface area contributed by atoms with Crippen molar-refractivity contribution in [1.82, 2.24) is 15.0 Å². The second kappa shape index (κ2) is 18.4. The van der Waals surface area contributed by atoms with E-state index in [1.54, 1.807) is 36.8 Å². The van der Waals surface area contributed by atoms with E-state index < -0.39 is 17.5 Å². The summed E-state index contributed by atoms with van der Waals surface area (Å²) >= 11 is 0. The first kappa shape index (κ1) is 41.8. The van der Waals surface area contributed by atoms with Gasteiger partial charge in [-0.25, -0.2) is 13.2 Å². The zero-order chi connectivity index (χ0) is 42.7. The summed E-state index contributed by atoms with van der Waals surface area (Å²) in [6, 6.07) is 64.4. The first-order chi connectivity index (χ1) is 30.9. The van der Waals surface area contributed by atoms with E-state index in [1.165, 1.54) is 36.4 Å². The summed E-state index contributed by atoms with van der Waals surface area (Å²) in [5, 5.41) is 0. The molecule has 0 N–H and O–H groups in total. The number of nitrogens with zero attached hydrogens (tertiary/aromatic N) is 3. The molecule has 7 aromatic carbocycles. The average Bonchev–Trinajstić information content (AvgIpc) is 3.35. The molecule has 3 heterocycles. The van der Waals surface area contributed by atoms with Crippen LogP contribution >= 0.6 is 0 Å². The molecule has 0 atom stereocenters. The van der Waals surface area contributed by atoms with Gasteiger partial charge in [-0.05, 0) is 123 Å². The molecule has 0 saturated carbocycles. The van der Waals surface area contributed by atoms with Crippen LogP contribution in [0.5, 0.6) is 0 Å². The number of rotatable bonds is 9. The first-order valence-electron chi connectivity index (χ1n) is 20.3. The van der Waals surface area contributed by atoms with E-state index in [-0.39, 0.29) is 20.1 Å². The van der Waals surface area contributed by atoms with Gasteiger partial charge in [0.15, 0.2) is 0 Å². The van der Waals surface area contributed by atoms with Crippen LogP contribution in [0.15, 0.2) is 201 Å². The van der Waals surface area contributed by atoms with Crippen molar-refractivity contribution in [2.24, 2.45) is 0 Å². The Labute approximate surface area is 383 Å². The van der Waals surface area contributed by atoms with Gasteiger partial charge in [-0.1, -0.05) is 88.0 Å². The Balaban J connectivity index is 0.00000518. The van der Waals surface area contributed by atoms with E-state index in [0.29, 0.717) is 33.4 Å². The summed E-state index contributed by atoms with van der Waals surface area (Å²) < 4.78 is 46.6. The van der Waals surface area contributed by atoms with Gasteiger partial charge in [0.05, 0.1) is 0 Å². The molecule has 0 aliphatic heterocycles. The maximum atomic E-state index is 15.5. The Morgan fingerprint density at radius 2 is 0.609 bits per heavy atom. The minimum absolute atomic E-state index is 0. The third-order valence-corrected chi connectivity index (χ3v) is 11.0. The summed E-state index contributed by atoms with van der Waals surface area (Å²) in [5.41, 5.74) is 13.2. The largest absolute Gasteiger partial charge is 3.00 e. The molecule has 0 bridgehead atoms. The normalized spacial score (nSPS) is 10.9. The fourth-order valence-electron chi connectivity index (χ4n) is 7.94.